The number of aromatic nitrogens is 1. The van der Waals surface area contributed by atoms with Crippen LogP contribution in [-0.2, 0) is 10.8 Å². The number of pyridine rings is 1. The van der Waals surface area contributed by atoms with E-state index < -0.39 is 8.32 Å². The van der Waals surface area contributed by atoms with Gasteiger partial charge in [0.05, 0.1) is 6.10 Å². The first-order valence-corrected chi connectivity index (χ1v) is 13.7. The lowest BCUT2D eigenvalue weighted by Gasteiger charge is -2.41. The second-order valence-corrected chi connectivity index (χ2v) is 15.4. The summed E-state index contributed by atoms with van der Waals surface area (Å²) in [5, 5.41) is 0.549. The van der Waals surface area contributed by atoms with Crippen molar-refractivity contribution < 1.29 is 4.43 Å². The molecule has 26 heavy (non-hydrogen) atoms. The van der Waals surface area contributed by atoms with Crippen LogP contribution in [0.5, 0.6) is 0 Å². The summed E-state index contributed by atoms with van der Waals surface area (Å²) in [6.45, 7) is 13.8. The lowest BCUT2D eigenvalue weighted by Crippen LogP contribution is -2.46. The Kier molecular flexibility index (Phi) is 7.54. The smallest absolute Gasteiger partial charge is 0.192 e. The Balaban J connectivity index is 2.19. The molecule has 2 aromatic rings. The van der Waals surface area contributed by atoms with Gasteiger partial charge in [0, 0.05) is 27.0 Å². The predicted molar refractivity (Wildman–Crippen MR) is 119 cm³/mol. The highest BCUT2D eigenvalue weighted by molar-refractivity contribution is 9.10. The summed E-state index contributed by atoms with van der Waals surface area (Å²) in [4.78, 5) is 5.55. The monoisotopic (exact) mass is 451 g/mol. The molecule has 0 saturated carbocycles. The Morgan fingerprint density at radius 3 is 2.35 bits per heavy atom. The van der Waals surface area contributed by atoms with Gasteiger partial charge in [0.1, 0.15) is 0 Å². The normalized spacial score (nSPS) is 14.9. The predicted octanol–water partition coefficient (Wildman–Crippen LogP) is 6.96. The topological polar surface area (TPSA) is 22.1 Å². The molecule has 0 radical (unpaired) electrons. The molecule has 0 amide bonds. The van der Waals surface area contributed by atoms with Gasteiger partial charge in [-0.15, -0.1) is 11.8 Å². The molecule has 0 N–H and O–H groups in total. The fourth-order valence-corrected chi connectivity index (χ4v) is 5.20. The van der Waals surface area contributed by atoms with Crippen LogP contribution < -0.4 is 0 Å². The maximum atomic E-state index is 6.85. The molecule has 0 saturated heterocycles. The van der Waals surface area contributed by atoms with E-state index in [-0.39, 0.29) is 11.1 Å². The van der Waals surface area contributed by atoms with Crippen molar-refractivity contribution in [2.45, 2.75) is 68.5 Å². The quantitative estimate of drug-likeness (QED) is 0.335. The summed E-state index contributed by atoms with van der Waals surface area (Å²) in [5.41, 5.74) is 1.24. The van der Waals surface area contributed by atoms with E-state index in [1.165, 1.54) is 10.5 Å². The van der Waals surface area contributed by atoms with E-state index in [0.29, 0.717) is 5.25 Å². The number of rotatable bonds is 7. The van der Waals surface area contributed by atoms with Gasteiger partial charge in [-0.05, 0) is 60.4 Å². The average molecular weight is 453 g/mol. The van der Waals surface area contributed by atoms with Crippen LogP contribution in [0.1, 0.15) is 33.3 Å². The zero-order valence-corrected chi connectivity index (χ0v) is 20.0. The van der Waals surface area contributed by atoms with Crippen LogP contribution in [0.15, 0.2) is 58.2 Å². The highest BCUT2D eigenvalue weighted by Gasteiger charge is 2.40. The molecule has 5 heteroatoms. The number of thioether (sulfide) groups is 1. The van der Waals surface area contributed by atoms with Crippen LogP contribution in [-0.4, -0.2) is 24.7 Å². The standard InChI is InChI=1S/C21H30BrNOSSi/c1-16(25-19-11-9-18(22)10-12-19)20(14-17-8-7-13-23-15-17)24-26(5,6)21(2,3)4/h7-13,15-16,20H,14H2,1-6H3/t16-,20?/m1/s1. The number of hydrogen-bond donors (Lipinski definition) is 0. The molecule has 0 fully saturated rings. The first kappa shape index (κ1) is 21.7. The molecule has 0 bridgehead atoms. The molecule has 0 aliphatic heterocycles. The van der Waals surface area contributed by atoms with Gasteiger partial charge in [-0.3, -0.25) is 4.98 Å². The van der Waals surface area contributed by atoms with Crippen LogP contribution in [0.4, 0.5) is 0 Å². The van der Waals surface area contributed by atoms with Crippen molar-refractivity contribution in [1.29, 1.82) is 0 Å². The zero-order chi connectivity index (χ0) is 19.4. The zero-order valence-electron chi connectivity index (χ0n) is 16.6. The van der Waals surface area contributed by atoms with E-state index in [4.69, 9.17) is 4.43 Å². The highest BCUT2D eigenvalue weighted by atomic mass is 79.9. The van der Waals surface area contributed by atoms with Crippen LogP contribution in [0.25, 0.3) is 0 Å². The van der Waals surface area contributed by atoms with Gasteiger partial charge in [-0.1, -0.05) is 49.7 Å². The summed E-state index contributed by atoms with van der Waals surface area (Å²) in [6, 6.07) is 12.7. The maximum Gasteiger partial charge on any atom is 0.192 e. The van der Waals surface area contributed by atoms with Crippen molar-refractivity contribution in [2.24, 2.45) is 0 Å². The molecule has 1 aromatic carbocycles. The molecule has 142 valence electrons. The van der Waals surface area contributed by atoms with Crippen LogP contribution in [0, 0.1) is 0 Å². The van der Waals surface area contributed by atoms with Crippen LogP contribution in [0.3, 0.4) is 0 Å². The molecule has 0 aliphatic carbocycles. The fourth-order valence-electron chi connectivity index (χ4n) is 2.41. The van der Waals surface area contributed by atoms with Crippen molar-refractivity contribution in [3.63, 3.8) is 0 Å². The minimum atomic E-state index is -1.85. The molecule has 2 rings (SSSR count). The summed E-state index contributed by atoms with van der Waals surface area (Å²) in [7, 11) is -1.85. The third-order valence-electron chi connectivity index (χ3n) is 5.07. The third kappa shape index (κ3) is 6.22. The second-order valence-electron chi connectivity index (χ2n) is 8.26. The van der Waals surface area contributed by atoms with Crippen molar-refractivity contribution in [3.05, 3.63) is 58.8 Å². The van der Waals surface area contributed by atoms with E-state index in [1.54, 1.807) is 0 Å². The van der Waals surface area contributed by atoms with Gasteiger partial charge in [0.15, 0.2) is 8.32 Å². The van der Waals surface area contributed by atoms with Gasteiger partial charge in [-0.2, -0.15) is 0 Å². The van der Waals surface area contributed by atoms with E-state index in [0.717, 1.165) is 10.9 Å². The largest absolute Gasteiger partial charge is 0.412 e. The summed E-state index contributed by atoms with van der Waals surface area (Å²) < 4.78 is 7.96. The Bertz CT molecular complexity index is 685. The van der Waals surface area contributed by atoms with Gasteiger partial charge < -0.3 is 4.43 Å². The van der Waals surface area contributed by atoms with E-state index in [9.17, 15) is 0 Å². The fraction of sp³-hybridized carbons (Fsp3) is 0.476. The lowest BCUT2D eigenvalue weighted by atomic mass is 10.1. The molecule has 1 unspecified atom stereocenters. The van der Waals surface area contributed by atoms with E-state index in [1.807, 2.05) is 30.2 Å². The number of nitrogens with zero attached hydrogens (tertiary/aromatic N) is 1. The van der Waals surface area contributed by atoms with Gasteiger partial charge in [0.25, 0.3) is 0 Å². The molecular formula is C21H30BrNOSSi. The number of halogens is 1. The minimum absolute atomic E-state index is 0.161. The van der Waals surface area contributed by atoms with E-state index in [2.05, 4.69) is 92.0 Å². The molecular weight excluding hydrogens is 422 g/mol. The second kappa shape index (κ2) is 9.05. The molecule has 1 aromatic heterocycles. The minimum Gasteiger partial charge on any atom is -0.412 e. The summed E-state index contributed by atoms with van der Waals surface area (Å²) >= 11 is 5.40. The van der Waals surface area contributed by atoms with Crippen molar-refractivity contribution in [3.8, 4) is 0 Å². The molecule has 1 heterocycles. The maximum absolute atomic E-state index is 6.85. The van der Waals surface area contributed by atoms with Gasteiger partial charge in [0.2, 0.25) is 0 Å². The number of hydrogen-bond acceptors (Lipinski definition) is 3. The van der Waals surface area contributed by atoms with Crippen molar-refractivity contribution >= 4 is 36.0 Å². The van der Waals surface area contributed by atoms with Crippen LogP contribution >= 0.6 is 27.7 Å². The van der Waals surface area contributed by atoms with E-state index >= 15 is 0 Å². The molecule has 2 nitrogen and oxygen atoms in total. The van der Waals surface area contributed by atoms with Gasteiger partial charge in [-0.25, -0.2) is 0 Å². The summed E-state index contributed by atoms with van der Waals surface area (Å²) in [5.74, 6) is 0. The molecule has 0 aliphatic rings. The Hall–Kier alpha value is -0.623. The highest BCUT2D eigenvalue weighted by Crippen LogP contribution is 2.39. The Morgan fingerprint density at radius 2 is 1.81 bits per heavy atom. The SMILES string of the molecule is C[C@@H](Sc1ccc(Br)cc1)C(Cc1cccnc1)O[Si](C)(C)C(C)(C)C. The average Bonchev–Trinajstić information content (AvgIpc) is 2.56. The van der Waals surface area contributed by atoms with Gasteiger partial charge >= 0.3 is 0 Å². The Morgan fingerprint density at radius 1 is 1.15 bits per heavy atom. The van der Waals surface area contributed by atoms with Crippen LogP contribution in [0.2, 0.25) is 18.1 Å². The third-order valence-corrected chi connectivity index (χ3v) is 11.3. The molecule has 0 spiro atoms. The number of benzene rings is 1. The van der Waals surface area contributed by atoms with Crippen molar-refractivity contribution in [2.75, 3.05) is 0 Å². The summed E-state index contributed by atoms with van der Waals surface area (Å²) in [6.07, 6.45) is 4.84. The molecule has 2 atom stereocenters. The first-order valence-electron chi connectivity index (χ1n) is 9.07. The Labute approximate surface area is 172 Å². The first-order chi connectivity index (χ1) is 12.1. The lowest BCUT2D eigenvalue weighted by molar-refractivity contribution is 0.181. The van der Waals surface area contributed by atoms with Crippen molar-refractivity contribution in [1.82, 2.24) is 4.98 Å².